The summed E-state index contributed by atoms with van der Waals surface area (Å²) in [5, 5.41) is 9.22. The summed E-state index contributed by atoms with van der Waals surface area (Å²) in [7, 11) is 0. The molecule has 0 aliphatic carbocycles. The maximum atomic E-state index is 11.2. The number of nitrogens with zero attached hydrogens (tertiary/aromatic N) is 1. The van der Waals surface area contributed by atoms with Crippen LogP contribution >= 0.6 is 0 Å². The van der Waals surface area contributed by atoms with E-state index in [2.05, 4.69) is 43.9 Å². The number of benzene rings is 1. The van der Waals surface area contributed by atoms with Crippen LogP contribution in [0.3, 0.4) is 0 Å². The summed E-state index contributed by atoms with van der Waals surface area (Å²) in [6.07, 6.45) is 0.756. The Morgan fingerprint density at radius 1 is 1.42 bits per heavy atom. The molecule has 1 aromatic carbocycles. The van der Waals surface area contributed by atoms with Crippen molar-refractivity contribution in [1.29, 1.82) is 0 Å². The largest absolute Gasteiger partial charge is 0.481 e. The maximum absolute atomic E-state index is 11.2. The van der Waals surface area contributed by atoms with Crippen LogP contribution in [0.5, 0.6) is 0 Å². The average molecular weight is 261 g/mol. The van der Waals surface area contributed by atoms with Gasteiger partial charge in [0.15, 0.2) is 0 Å². The van der Waals surface area contributed by atoms with Crippen molar-refractivity contribution in [2.75, 3.05) is 6.54 Å². The van der Waals surface area contributed by atoms with Crippen LogP contribution in [0.25, 0.3) is 0 Å². The third kappa shape index (κ3) is 2.66. The van der Waals surface area contributed by atoms with Crippen LogP contribution in [0, 0.1) is 19.8 Å². The molecule has 0 saturated carbocycles. The second kappa shape index (κ2) is 5.33. The highest BCUT2D eigenvalue weighted by molar-refractivity contribution is 5.71. The molecule has 1 aromatic rings. The predicted octanol–water partition coefficient (Wildman–Crippen LogP) is 3.16. The van der Waals surface area contributed by atoms with E-state index >= 15 is 0 Å². The Kier molecular flexibility index (Phi) is 3.95. The van der Waals surface area contributed by atoms with Crippen molar-refractivity contribution in [1.82, 2.24) is 4.90 Å². The van der Waals surface area contributed by atoms with Crippen LogP contribution in [-0.2, 0) is 4.79 Å². The summed E-state index contributed by atoms with van der Waals surface area (Å²) in [6.45, 7) is 9.31. The topological polar surface area (TPSA) is 40.5 Å². The third-order valence-corrected chi connectivity index (χ3v) is 4.49. The van der Waals surface area contributed by atoms with Gasteiger partial charge < -0.3 is 5.11 Å². The summed E-state index contributed by atoms with van der Waals surface area (Å²) >= 11 is 0. The lowest BCUT2D eigenvalue weighted by molar-refractivity contribution is -0.142. The zero-order valence-corrected chi connectivity index (χ0v) is 12.2. The first kappa shape index (κ1) is 14.1. The maximum Gasteiger partial charge on any atom is 0.308 e. The number of carboxylic acid groups (broad SMARTS) is 1. The monoisotopic (exact) mass is 261 g/mol. The molecule has 3 nitrogen and oxygen atoms in total. The van der Waals surface area contributed by atoms with Crippen LogP contribution in [-0.4, -0.2) is 28.6 Å². The molecule has 1 aliphatic rings. The molecule has 3 unspecified atom stereocenters. The molecule has 0 aromatic heterocycles. The van der Waals surface area contributed by atoms with Gasteiger partial charge in [0.1, 0.15) is 0 Å². The zero-order chi connectivity index (χ0) is 14.2. The van der Waals surface area contributed by atoms with Gasteiger partial charge in [0.2, 0.25) is 0 Å². The minimum absolute atomic E-state index is 0.105. The van der Waals surface area contributed by atoms with Crippen molar-refractivity contribution in [2.24, 2.45) is 5.92 Å². The standard InChI is InChI=1S/C16H23NO2/c1-10-5-6-14(11(2)9-10)12(3)17-8-7-15(13(17)4)16(18)19/h5-6,9,12-13,15H,7-8H2,1-4H3,(H,18,19). The van der Waals surface area contributed by atoms with Crippen molar-refractivity contribution >= 4 is 5.97 Å². The first-order chi connectivity index (χ1) is 8.91. The van der Waals surface area contributed by atoms with Gasteiger partial charge in [-0.05, 0) is 51.8 Å². The molecule has 19 heavy (non-hydrogen) atoms. The Morgan fingerprint density at radius 2 is 2.11 bits per heavy atom. The summed E-state index contributed by atoms with van der Waals surface area (Å²) in [5.74, 6) is -0.893. The minimum atomic E-state index is -0.664. The quantitative estimate of drug-likeness (QED) is 0.908. The van der Waals surface area contributed by atoms with E-state index < -0.39 is 5.97 Å². The Balaban J connectivity index is 2.20. The highest BCUT2D eigenvalue weighted by Gasteiger charge is 2.38. The van der Waals surface area contributed by atoms with E-state index in [4.69, 9.17) is 0 Å². The molecule has 1 aliphatic heterocycles. The summed E-state index contributed by atoms with van der Waals surface area (Å²) in [5.41, 5.74) is 3.87. The van der Waals surface area contributed by atoms with Gasteiger partial charge in [-0.1, -0.05) is 23.8 Å². The summed E-state index contributed by atoms with van der Waals surface area (Å²) in [6, 6.07) is 6.89. The number of carbonyl (C=O) groups is 1. The van der Waals surface area contributed by atoms with Crippen molar-refractivity contribution in [2.45, 2.75) is 46.2 Å². The summed E-state index contributed by atoms with van der Waals surface area (Å²) in [4.78, 5) is 13.5. The number of hydrogen-bond acceptors (Lipinski definition) is 2. The molecule has 3 atom stereocenters. The number of likely N-dealkylation sites (tertiary alicyclic amines) is 1. The van der Waals surface area contributed by atoms with Gasteiger partial charge in [0.25, 0.3) is 0 Å². The molecule has 1 saturated heterocycles. The Labute approximate surface area is 115 Å². The van der Waals surface area contributed by atoms with E-state index in [-0.39, 0.29) is 18.0 Å². The molecule has 104 valence electrons. The van der Waals surface area contributed by atoms with Crippen molar-refractivity contribution in [3.8, 4) is 0 Å². The number of rotatable bonds is 3. The predicted molar refractivity (Wildman–Crippen MR) is 76.2 cm³/mol. The number of aryl methyl sites for hydroxylation is 2. The minimum Gasteiger partial charge on any atom is -0.481 e. The lowest BCUT2D eigenvalue weighted by Gasteiger charge is -2.31. The summed E-state index contributed by atoms with van der Waals surface area (Å²) < 4.78 is 0. The highest BCUT2D eigenvalue weighted by Crippen LogP contribution is 2.33. The van der Waals surface area contributed by atoms with Gasteiger partial charge in [-0.3, -0.25) is 9.69 Å². The zero-order valence-electron chi connectivity index (χ0n) is 12.2. The number of carboxylic acids is 1. The molecule has 2 rings (SSSR count). The van der Waals surface area contributed by atoms with E-state index in [0.717, 1.165) is 13.0 Å². The number of hydrogen-bond donors (Lipinski definition) is 1. The molecule has 1 fully saturated rings. The molecular weight excluding hydrogens is 238 g/mol. The first-order valence-electron chi connectivity index (χ1n) is 6.97. The molecule has 0 spiro atoms. The van der Waals surface area contributed by atoms with E-state index in [1.165, 1.54) is 16.7 Å². The molecular formula is C16H23NO2. The molecule has 0 bridgehead atoms. The van der Waals surface area contributed by atoms with Gasteiger partial charge in [-0.15, -0.1) is 0 Å². The average Bonchev–Trinajstić information content (AvgIpc) is 2.70. The van der Waals surface area contributed by atoms with Gasteiger partial charge in [0, 0.05) is 12.1 Å². The van der Waals surface area contributed by atoms with Crippen molar-refractivity contribution < 1.29 is 9.90 Å². The Hall–Kier alpha value is -1.35. The second-order valence-electron chi connectivity index (χ2n) is 5.75. The van der Waals surface area contributed by atoms with Crippen LogP contribution in [0.15, 0.2) is 18.2 Å². The van der Waals surface area contributed by atoms with E-state index in [0.29, 0.717) is 0 Å². The van der Waals surface area contributed by atoms with Gasteiger partial charge in [0.05, 0.1) is 5.92 Å². The fourth-order valence-electron chi connectivity index (χ4n) is 3.31. The van der Waals surface area contributed by atoms with E-state index in [9.17, 15) is 9.90 Å². The van der Waals surface area contributed by atoms with Gasteiger partial charge >= 0.3 is 5.97 Å². The SMILES string of the molecule is Cc1ccc(C(C)N2CCC(C(=O)O)C2C)c(C)c1. The molecule has 3 heteroatoms. The second-order valence-corrected chi connectivity index (χ2v) is 5.75. The highest BCUT2D eigenvalue weighted by atomic mass is 16.4. The lowest BCUT2D eigenvalue weighted by Crippen LogP contribution is -2.35. The van der Waals surface area contributed by atoms with Crippen molar-refractivity contribution in [3.05, 3.63) is 34.9 Å². The fourth-order valence-corrected chi connectivity index (χ4v) is 3.31. The molecule has 1 N–H and O–H groups in total. The smallest absolute Gasteiger partial charge is 0.308 e. The van der Waals surface area contributed by atoms with Crippen LogP contribution in [0.4, 0.5) is 0 Å². The van der Waals surface area contributed by atoms with Gasteiger partial charge in [-0.2, -0.15) is 0 Å². The van der Waals surface area contributed by atoms with E-state index in [1.54, 1.807) is 0 Å². The molecule has 0 radical (unpaired) electrons. The van der Waals surface area contributed by atoms with Crippen molar-refractivity contribution in [3.63, 3.8) is 0 Å². The Bertz CT molecular complexity index is 484. The first-order valence-corrected chi connectivity index (χ1v) is 6.97. The van der Waals surface area contributed by atoms with Crippen LogP contribution in [0.1, 0.15) is 43.0 Å². The lowest BCUT2D eigenvalue weighted by atomic mass is 9.97. The third-order valence-electron chi connectivity index (χ3n) is 4.49. The van der Waals surface area contributed by atoms with Gasteiger partial charge in [-0.25, -0.2) is 0 Å². The van der Waals surface area contributed by atoms with E-state index in [1.807, 2.05) is 6.92 Å². The molecule has 1 heterocycles. The Morgan fingerprint density at radius 3 is 2.63 bits per heavy atom. The number of aliphatic carboxylic acids is 1. The van der Waals surface area contributed by atoms with Crippen LogP contribution in [0.2, 0.25) is 0 Å². The molecule has 0 amide bonds. The normalized spacial score (nSPS) is 25.5. The fraction of sp³-hybridized carbons (Fsp3) is 0.562. The van der Waals surface area contributed by atoms with Crippen LogP contribution < -0.4 is 0 Å².